The van der Waals surface area contributed by atoms with Crippen molar-refractivity contribution in [3.8, 4) is 33.6 Å². The highest BCUT2D eigenvalue weighted by atomic mass is 15.0. The normalized spacial score (nSPS) is 12.0. The highest BCUT2D eigenvalue weighted by Gasteiger charge is 2.20. The second-order valence-electron chi connectivity index (χ2n) is 16.1. The van der Waals surface area contributed by atoms with E-state index in [0.29, 0.717) is 0 Å². The molecule has 0 bridgehead atoms. The average molecular weight is 761 g/mol. The predicted molar refractivity (Wildman–Crippen MR) is 256 cm³/mol. The first-order chi connectivity index (χ1) is 29.8. The SMILES string of the molecule is c1ccc(-c2ccc(-n3c4ccccc4c4cc(-c5ccc6c(c5)c5ccccc5n6-c5cc6ccc7ccccc7c6c6c5ccc5ccccc56)ccc43)cc2)cc1. The Bertz CT molecular complexity index is 3870. The van der Waals surface area contributed by atoms with Crippen molar-refractivity contribution >= 4 is 86.7 Å². The van der Waals surface area contributed by atoms with Crippen LogP contribution in [-0.4, -0.2) is 9.13 Å². The molecule has 2 aromatic heterocycles. The molecule has 11 aromatic carbocycles. The van der Waals surface area contributed by atoms with E-state index < -0.39 is 0 Å². The van der Waals surface area contributed by atoms with Gasteiger partial charge in [-0.1, -0.05) is 164 Å². The summed E-state index contributed by atoms with van der Waals surface area (Å²) in [5, 5.41) is 15.2. The van der Waals surface area contributed by atoms with Crippen LogP contribution < -0.4 is 0 Å². The molecule has 0 amide bonds. The summed E-state index contributed by atoms with van der Waals surface area (Å²) < 4.78 is 4.90. The van der Waals surface area contributed by atoms with E-state index in [1.54, 1.807) is 0 Å². The molecule has 0 N–H and O–H groups in total. The number of para-hydroxylation sites is 2. The quantitative estimate of drug-likeness (QED) is 0.158. The topological polar surface area (TPSA) is 9.86 Å². The molecule has 0 spiro atoms. The van der Waals surface area contributed by atoms with Crippen molar-refractivity contribution in [2.45, 2.75) is 0 Å². The molecular weight excluding hydrogens is 725 g/mol. The maximum absolute atomic E-state index is 2.50. The van der Waals surface area contributed by atoms with Gasteiger partial charge < -0.3 is 9.13 Å². The second-order valence-corrected chi connectivity index (χ2v) is 16.1. The first-order valence-corrected chi connectivity index (χ1v) is 20.8. The van der Waals surface area contributed by atoms with E-state index in [9.17, 15) is 0 Å². The number of rotatable bonds is 4. The smallest absolute Gasteiger partial charge is 0.0547 e. The Balaban J connectivity index is 1.01. The van der Waals surface area contributed by atoms with Crippen molar-refractivity contribution in [3.63, 3.8) is 0 Å². The Morgan fingerprint density at radius 2 is 0.700 bits per heavy atom. The average Bonchev–Trinajstić information content (AvgIpc) is 3.83. The van der Waals surface area contributed by atoms with Crippen LogP contribution >= 0.6 is 0 Å². The molecular formula is C58H36N2. The predicted octanol–water partition coefficient (Wildman–Crippen LogP) is 15.8. The van der Waals surface area contributed by atoms with E-state index >= 15 is 0 Å². The van der Waals surface area contributed by atoms with E-state index in [1.165, 1.54) is 115 Å². The van der Waals surface area contributed by atoms with Crippen molar-refractivity contribution in [1.82, 2.24) is 9.13 Å². The van der Waals surface area contributed by atoms with Crippen LogP contribution in [0.1, 0.15) is 0 Å². The Labute approximate surface area is 346 Å². The molecule has 2 heterocycles. The third-order valence-corrected chi connectivity index (χ3v) is 12.9. The molecule has 0 saturated carbocycles. The fourth-order valence-electron chi connectivity index (χ4n) is 10.1. The highest BCUT2D eigenvalue weighted by molar-refractivity contribution is 6.29. The third-order valence-electron chi connectivity index (χ3n) is 12.9. The minimum Gasteiger partial charge on any atom is -0.309 e. The molecule has 2 nitrogen and oxygen atoms in total. The molecule has 13 aromatic rings. The van der Waals surface area contributed by atoms with Crippen LogP contribution in [0.3, 0.4) is 0 Å². The number of hydrogen-bond donors (Lipinski definition) is 0. The summed E-state index contributed by atoms with van der Waals surface area (Å²) in [4.78, 5) is 0. The first kappa shape index (κ1) is 33.1. The molecule has 60 heavy (non-hydrogen) atoms. The molecule has 0 saturated heterocycles. The summed E-state index contributed by atoms with van der Waals surface area (Å²) >= 11 is 0. The molecule has 0 radical (unpaired) electrons. The standard InChI is InChI=1S/C58H36N2/c1-2-12-37(13-3-1)38-24-29-44(30-25-38)59-52-20-10-8-18-47(52)50-34-41(27-32-54(50)59)42-28-33-55-51(35-42)48-19-9-11-21-53(48)60(55)56-36-43-23-22-39-14-4-6-16-45(39)57(43)58-46-17-7-5-15-40(46)26-31-49(56)58/h1-36H. The lowest BCUT2D eigenvalue weighted by Crippen LogP contribution is -1.97. The van der Waals surface area contributed by atoms with Gasteiger partial charge in [-0.2, -0.15) is 0 Å². The summed E-state index contributed by atoms with van der Waals surface area (Å²) in [6, 6.07) is 80.5. The van der Waals surface area contributed by atoms with Crippen molar-refractivity contribution < 1.29 is 0 Å². The Morgan fingerprint density at radius 3 is 1.37 bits per heavy atom. The molecule has 278 valence electrons. The molecule has 0 unspecified atom stereocenters. The molecule has 0 aliphatic carbocycles. The van der Waals surface area contributed by atoms with Crippen LogP contribution in [0.5, 0.6) is 0 Å². The van der Waals surface area contributed by atoms with Gasteiger partial charge in [0.1, 0.15) is 0 Å². The molecule has 13 rings (SSSR count). The maximum Gasteiger partial charge on any atom is 0.0547 e. The Hall–Kier alpha value is -7.94. The van der Waals surface area contributed by atoms with E-state index in [4.69, 9.17) is 0 Å². The van der Waals surface area contributed by atoms with Crippen LogP contribution in [-0.2, 0) is 0 Å². The van der Waals surface area contributed by atoms with Gasteiger partial charge in [-0.05, 0) is 109 Å². The number of nitrogens with zero attached hydrogens (tertiary/aromatic N) is 2. The maximum atomic E-state index is 2.50. The zero-order valence-corrected chi connectivity index (χ0v) is 32.7. The van der Waals surface area contributed by atoms with Gasteiger partial charge in [0.05, 0.1) is 27.8 Å². The Morgan fingerprint density at radius 1 is 0.233 bits per heavy atom. The fourth-order valence-corrected chi connectivity index (χ4v) is 10.1. The van der Waals surface area contributed by atoms with E-state index in [-0.39, 0.29) is 0 Å². The van der Waals surface area contributed by atoms with Gasteiger partial charge in [-0.25, -0.2) is 0 Å². The van der Waals surface area contributed by atoms with Crippen molar-refractivity contribution in [2.75, 3.05) is 0 Å². The number of benzene rings is 11. The van der Waals surface area contributed by atoms with Crippen LogP contribution in [0.25, 0.3) is 120 Å². The summed E-state index contributed by atoms with van der Waals surface area (Å²) in [5.41, 5.74) is 12.0. The minimum absolute atomic E-state index is 1.16. The summed E-state index contributed by atoms with van der Waals surface area (Å²) in [7, 11) is 0. The van der Waals surface area contributed by atoms with Gasteiger partial charge in [-0.15, -0.1) is 0 Å². The van der Waals surface area contributed by atoms with Gasteiger partial charge in [-0.3, -0.25) is 0 Å². The first-order valence-electron chi connectivity index (χ1n) is 20.8. The van der Waals surface area contributed by atoms with Gasteiger partial charge in [0.2, 0.25) is 0 Å². The van der Waals surface area contributed by atoms with Gasteiger partial charge in [0, 0.05) is 38.0 Å². The summed E-state index contributed by atoms with van der Waals surface area (Å²) in [6.45, 7) is 0. The van der Waals surface area contributed by atoms with Crippen LogP contribution in [0.4, 0.5) is 0 Å². The van der Waals surface area contributed by atoms with Crippen molar-refractivity contribution in [1.29, 1.82) is 0 Å². The summed E-state index contributed by atoms with van der Waals surface area (Å²) in [6.07, 6.45) is 0. The van der Waals surface area contributed by atoms with Gasteiger partial charge in [0.15, 0.2) is 0 Å². The summed E-state index contributed by atoms with van der Waals surface area (Å²) in [5.74, 6) is 0. The monoisotopic (exact) mass is 760 g/mol. The molecule has 0 atom stereocenters. The zero-order valence-electron chi connectivity index (χ0n) is 32.7. The molecule has 2 heteroatoms. The number of hydrogen-bond acceptors (Lipinski definition) is 0. The van der Waals surface area contributed by atoms with E-state index in [1.807, 2.05) is 0 Å². The lowest BCUT2D eigenvalue weighted by molar-refractivity contribution is 1.18. The lowest BCUT2D eigenvalue weighted by Gasteiger charge is -2.17. The van der Waals surface area contributed by atoms with E-state index in [2.05, 4.69) is 228 Å². The lowest BCUT2D eigenvalue weighted by atomic mass is 9.92. The second kappa shape index (κ2) is 12.8. The van der Waals surface area contributed by atoms with Gasteiger partial charge >= 0.3 is 0 Å². The zero-order chi connectivity index (χ0) is 39.3. The molecule has 0 aliphatic heterocycles. The van der Waals surface area contributed by atoms with Crippen LogP contribution in [0, 0.1) is 0 Å². The number of aromatic nitrogens is 2. The highest BCUT2D eigenvalue weighted by Crippen LogP contribution is 2.43. The molecule has 0 aliphatic rings. The molecule has 0 fully saturated rings. The van der Waals surface area contributed by atoms with Gasteiger partial charge in [0.25, 0.3) is 0 Å². The van der Waals surface area contributed by atoms with Crippen LogP contribution in [0.2, 0.25) is 0 Å². The van der Waals surface area contributed by atoms with E-state index in [0.717, 1.165) is 5.69 Å². The number of fused-ring (bicyclic) bond motifs is 13. The Kier molecular flexibility index (Phi) is 7.05. The fraction of sp³-hybridized carbons (Fsp3) is 0. The van der Waals surface area contributed by atoms with Crippen molar-refractivity contribution in [3.05, 3.63) is 218 Å². The minimum atomic E-state index is 1.16. The largest absolute Gasteiger partial charge is 0.309 e. The third kappa shape index (κ3) is 4.82. The van der Waals surface area contributed by atoms with Crippen LogP contribution in [0.15, 0.2) is 218 Å². The van der Waals surface area contributed by atoms with Crippen molar-refractivity contribution in [2.24, 2.45) is 0 Å².